The van der Waals surface area contributed by atoms with Gasteiger partial charge in [-0.25, -0.2) is 9.37 Å². The molecule has 68 valence electrons. The molecule has 0 saturated heterocycles. The van der Waals surface area contributed by atoms with Gasteiger partial charge in [0.15, 0.2) is 5.82 Å². The fourth-order valence-corrected chi connectivity index (χ4v) is 1.02. The smallest absolute Gasteiger partial charge is 0.157 e. The van der Waals surface area contributed by atoms with Gasteiger partial charge in [0.25, 0.3) is 0 Å². The van der Waals surface area contributed by atoms with E-state index in [-0.39, 0.29) is 11.5 Å². The van der Waals surface area contributed by atoms with E-state index in [1.165, 1.54) is 6.07 Å². The average molecular weight is 242 g/mol. The number of nitrogens with zero attached hydrogens (tertiary/aromatic N) is 1. The first kappa shape index (κ1) is 10.2. The fourth-order valence-electron chi connectivity index (χ4n) is 0.821. The summed E-state index contributed by atoms with van der Waals surface area (Å²) in [5.41, 5.74) is 1.02. The molecule has 0 aromatic carbocycles. The molecular formula is C10H9BrFN. The van der Waals surface area contributed by atoms with Gasteiger partial charge in [-0.15, -0.1) is 0 Å². The average Bonchev–Trinajstić information content (AvgIpc) is 2.11. The normalized spacial score (nSPS) is 9.15. The van der Waals surface area contributed by atoms with Crippen LogP contribution < -0.4 is 0 Å². The third-order valence-electron chi connectivity index (χ3n) is 1.41. The molecule has 0 saturated carbocycles. The lowest BCUT2D eigenvalue weighted by atomic mass is 10.3. The van der Waals surface area contributed by atoms with Crippen LogP contribution in [0.25, 0.3) is 0 Å². The first-order chi connectivity index (χ1) is 6.24. The van der Waals surface area contributed by atoms with E-state index in [4.69, 9.17) is 0 Å². The number of aryl methyl sites for hydroxylation is 1. The van der Waals surface area contributed by atoms with Gasteiger partial charge >= 0.3 is 0 Å². The number of aromatic nitrogens is 1. The lowest BCUT2D eigenvalue weighted by Crippen LogP contribution is -1.91. The minimum absolute atomic E-state index is 0.237. The van der Waals surface area contributed by atoms with Gasteiger partial charge in [0.1, 0.15) is 5.69 Å². The third kappa shape index (κ3) is 3.16. The lowest BCUT2D eigenvalue weighted by Gasteiger charge is -1.94. The van der Waals surface area contributed by atoms with E-state index in [2.05, 4.69) is 32.8 Å². The predicted octanol–water partition coefficient (Wildman–Crippen LogP) is 2.67. The maximum Gasteiger partial charge on any atom is 0.157 e. The Morgan fingerprint density at radius 3 is 3.00 bits per heavy atom. The topological polar surface area (TPSA) is 12.9 Å². The Kier molecular flexibility index (Phi) is 3.91. The summed E-state index contributed by atoms with van der Waals surface area (Å²) in [6, 6.07) is 3.02. The molecule has 0 unspecified atom stereocenters. The summed E-state index contributed by atoms with van der Waals surface area (Å²) < 4.78 is 13.0. The molecule has 13 heavy (non-hydrogen) atoms. The molecule has 0 aliphatic rings. The summed E-state index contributed by atoms with van der Waals surface area (Å²) in [5, 5.41) is 0.799. The zero-order valence-corrected chi connectivity index (χ0v) is 8.86. The zero-order valence-electron chi connectivity index (χ0n) is 7.27. The monoisotopic (exact) mass is 241 g/mol. The van der Waals surface area contributed by atoms with Gasteiger partial charge in [0.05, 0.1) is 0 Å². The summed E-state index contributed by atoms with van der Waals surface area (Å²) in [4.78, 5) is 3.98. The minimum Gasteiger partial charge on any atom is -0.242 e. The highest BCUT2D eigenvalue weighted by atomic mass is 79.9. The molecule has 1 aromatic heterocycles. The van der Waals surface area contributed by atoms with E-state index < -0.39 is 0 Å². The molecule has 3 heteroatoms. The maximum absolute atomic E-state index is 13.0. The molecule has 0 fully saturated rings. The van der Waals surface area contributed by atoms with Crippen LogP contribution in [-0.2, 0) is 0 Å². The number of pyridine rings is 1. The van der Waals surface area contributed by atoms with E-state index in [0.29, 0.717) is 6.42 Å². The van der Waals surface area contributed by atoms with Crippen LogP contribution in [-0.4, -0.2) is 10.3 Å². The number of hydrogen-bond acceptors (Lipinski definition) is 1. The van der Waals surface area contributed by atoms with E-state index in [9.17, 15) is 4.39 Å². The molecule has 0 N–H and O–H groups in total. The van der Waals surface area contributed by atoms with E-state index in [1.807, 2.05) is 6.92 Å². The van der Waals surface area contributed by atoms with Crippen molar-refractivity contribution in [2.75, 3.05) is 5.33 Å². The summed E-state index contributed by atoms with van der Waals surface area (Å²) >= 11 is 3.24. The molecule has 0 spiro atoms. The second kappa shape index (κ2) is 4.98. The Labute approximate surface area is 85.5 Å². The van der Waals surface area contributed by atoms with Crippen molar-refractivity contribution < 1.29 is 4.39 Å². The zero-order chi connectivity index (χ0) is 9.68. The Balaban J connectivity index is 2.89. The van der Waals surface area contributed by atoms with Crippen LogP contribution in [0.3, 0.4) is 0 Å². The molecule has 1 rings (SSSR count). The standard InChI is InChI=1S/C10H9BrFN/c1-8-5-6-9(12)10(13-8)4-2-3-7-11/h5-6H,3,7H2,1H3. The molecule has 1 aromatic rings. The van der Waals surface area contributed by atoms with Crippen LogP contribution in [0.2, 0.25) is 0 Å². The summed E-state index contributed by atoms with van der Waals surface area (Å²) in [7, 11) is 0. The highest BCUT2D eigenvalue weighted by Gasteiger charge is 1.98. The van der Waals surface area contributed by atoms with E-state index in [1.54, 1.807) is 6.07 Å². The minimum atomic E-state index is -0.354. The van der Waals surface area contributed by atoms with Gasteiger partial charge in [-0.2, -0.15) is 0 Å². The maximum atomic E-state index is 13.0. The van der Waals surface area contributed by atoms with Crippen molar-refractivity contribution in [3.8, 4) is 11.8 Å². The first-order valence-corrected chi connectivity index (χ1v) is 5.04. The molecule has 0 atom stereocenters. The van der Waals surface area contributed by atoms with Gasteiger partial charge in [-0.3, -0.25) is 0 Å². The Morgan fingerprint density at radius 1 is 1.54 bits per heavy atom. The molecule has 1 nitrogen and oxygen atoms in total. The molecule has 0 aliphatic heterocycles. The van der Waals surface area contributed by atoms with Gasteiger partial charge in [0.2, 0.25) is 0 Å². The quantitative estimate of drug-likeness (QED) is 0.545. The second-order valence-electron chi connectivity index (χ2n) is 2.52. The summed E-state index contributed by atoms with van der Waals surface area (Å²) in [6.07, 6.45) is 0.703. The predicted molar refractivity (Wildman–Crippen MR) is 54.2 cm³/mol. The van der Waals surface area contributed by atoms with Crippen LogP contribution in [0.4, 0.5) is 4.39 Å². The van der Waals surface area contributed by atoms with Gasteiger partial charge in [0, 0.05) is 17.4 Å². The summed E-state index contributed by atoms with van der Waals surface area (Å²) in [6.45, 7) is 1.81. The Morgan fingerprint density at radius 2 is 2.31 bits per heavy atom. The number of rotatable bonds is 1. The van der Waals surface area contributed by atoms with Crippen molar-refractivity contribution >= 4 is 15.9 Å². The molecule has 1 heterocycles. The number of hydrogen-bond donors (Lipinski definition) is 0. The molecule has 0 radical (unpaired) electrons. The van der Waals surface area contributed by atoms with Crippen LogP contribution in [0.1, 0.15) is 17.8 Å². The largest absolute Gasteiger partial charge is 0.242 e. The Bertz CT molecular complexity index is 352. The van der Waals surface area contributed by atoms with Crippen LogP contribution >= 0.6 is 15.9 Å². The highest BCUT2D eigenvalue weighted by molar-refractivity contribution is 9.09. The highest BCUT2D eigenvalue weighted by Crippen LogP contribution is 2.03. The van der Waals surface area contributed by atoms with Crippen molar-refractivity contribution in [2.24, 2.45) is 0 Å². The molecular weight excluding hydrogens is 233 g/mol. The van der Waals surface area contributed by atoms with Crippen LogP contribution in [0, 0.1) is 24.6 Å². The van der Waals surface area contributed by atoms with Crippen molar-refractivity contribution in [3.05, 3.63) is 29.3 Å². The first-order valence-electron chi connectivity index (χ1n) is 3.92. The van der Waals surface area contributed by atoms with Crippen molar-refractivity contribution in [1.29, 1.82) is 0 Å². The Hall–Kier alpha value is -0.880. The van der Waals surface area contributed by atoms with Crippen molar-refractivity contribution in [1.82, 2.24) is 4.98 Å². The van der Waals surface area contributed by atoms with Crippen molar-refractivity contribution in [2.45, 2.75) is 13.3 Å². The lowest BCUT2D eigenvalue weighted by molar-refractivity contribution is 0.616. The van der Waals surface area contributed by atoms with E-state index in [0.717, 1.165) is 11.0 Å². The molecule has 0 aliphatic carbocycles. The number of halogens is 2. The van der Waals surface area contributed by atoms with Gasteiger partial charge in [-0.1, -0.05) is 21.9 Å². The number of alkyl halides is 1. The van der Waals surface area contributed by atoms with Crippen molar-refractivity contribution in [3.63, 3.8) is 0 Å². The van der Waals surface area contributed by atoms with Gasteiger partial charge < -0.3 is 0 Å². The van der Waals surface area contributed by atoms with Gasteiger partial charge in [-0.05, 0) is 25.0 Å². The SMILES string of the molecule is Cc1ccc(F)c(C#CCCBr)n1. The fraction of sp³-hybridized carbons (Fsp3) is 0.300. The van der Waals surface area contributed by atoms with Crippen LogP contribution in [0.5, 0.6) is 0 Å². The third-order valence-corrected chi connectivity index (χ3v) is 1.81. The second-order valence-corrected chi connectivity index (χ2v) is 3.32. The summed E-state index contributed by atoms with van der Waals surface area (Å²) in [5.74, 6) is 5.15. The molecule has 0 bridgehead atoms. The van der Waals surface area contributed by atoms with Crippen LogP contribution in [0.15, 0.2) is 12.1 Å². The van der Waals surface area contributed by atoms with E-state index >= 15 is 0 Å². The molecule has 0 amide bonds.